The van der Waals surface area contributed by atoms with E-state index in [9.17, 15) is 14.9 Å². The second kappa shape index (κ2) is 5.74. The summed E-state index contributed by atoms with van der Waals surface area (Å²) in [6, 6.07) is 5.46. The Morgan fingerprint density at radius 2 is 2.05 bits per heavy atom. The summed E-state index contributed by atoms with van der Waals surface area (Å²) in [4.78, 5) is 28.4. The van der Waals surface area contributed by atoms with E-state index in [1.165, 1.54) is 36.8 Å². The van der Waals surface area contributed by atoms with Crippen LogP contribution in [0.1, 0.15) is 16.1 Å². The molecule has 8 heteroatoms. The van der Waals surface area contributed by atoms with Gasteiger partial charge in [-0.1, -0.05) is 0 Å². The van der Waals surface area contributed by atoms with Gasteiger partial charge < -0.3 is 9.84 Å². The van der Waals surface area contributed by atoms with Crippen LogP contribution in [0.4, 0.5) is 5.69 Å². The third-order valence-corrected chi connectivity index (χ3v) is 2.45. The maximum absolute atomic E-state index is 10.9. The van der Waals surface area contributed by atoms with Gasteiger partial charge in [0, 0.05) is 18.3 Å². The lowest BCUT2D eigenvalue weighted by Gasteiger charge is -2.07. The first-order chi connectivity index (χ1) is 9.58. The largest absolute Gasteiger partial charge is 0.487 e. The first kappa shape index (κ1) is 13.4. The molecule has 0 spiro atoms. The van der Waals surface area contributed by atoms with Crippen molar-refractivity contribution in [2.75, 3.05) is 0 Å². The second-order valence-corrected chi connectivity index (χ2v) is 3.73. The summed E-state index contributed by atoms with van der Waals surface area (Å²) in [7, 11) is 0. The molecule has 0 saturated heterocycles. The van der Waals surface area contributed by atoms with Gasteiger partial charge in [-0.2, -0.15) is 0 Å². The fraction of sp³-hybridized carbons (Fsp3) is 0.0833. The molecule has 0 fully saturated rings. The number of benzene rings is 1. The molecule has 0 saturated carbocycles. The minimum absolute atomic E-state index is 0.0468. The molecule has 1 aromatic heterocycles. The minimum atomic E-state index is -1.15. The van der Waals surface area contributed by atoms with Crippen molar-refractivity contribution < 1.29 is 19.6 Å². The summed E-state index contributed by atoms with van der Waals surface area (Å²) in [6.07, 6.45) is 2.41. The lowest BCUT2D eigenvalue weighted by Crippen LogP contribution is -2.08. The predicted molar refractivity (Wildman–Crippen MR) is 66.4 cm³/mol. The second-order valence-electron chi connectivity index (χ2n) is 3.73. The normalized spacial score (nSPS) is 10.0. The number of aromatic carboxylic acids is 1. The summed E-state index contributed by atoms with van der Waals surface area (Å²) in [5.74, 6) is -0.765. The third-order valence-electron chi connectivity index (χ3n) is 2.45. The maximum atomic E-state index is 10.9. The molecule has 2 rings (SSSR count). The van der Waals surface area contributed by atoms with E-state index in [4.69, 9.17) is 9.84 Å². The number of aromatic nitrogens is 2. The van der Waals surface area contributed by atoms with Crippen molar-refractivity contribution >= 4 is 11.7 Å². The van der Waals surface area contributed by atoms with E-state index in [2.05, 4.69) is 9.97 Å². The number of nitro benzene ring substituents is 1. The van der Waals surface area contributed by atoms with Crippen LogP contribution in [0.3, 0.4) is 0 Å². The molecule has 20 heavy (non-hydrogen) atoms. The van der Waals surface area contributed by atoms with E-state index in [1.54, 1.807) is 0 Å². The van der Waals surface area contributed by atoms with Gasteiger partial charge in [0.1, 0.15) is 24.2 Å². The Kier molecular flexibility index (Phi) is 3.85. The van der Waals surface area contributed by atoms with Crippen LogP contribution in [0.5, 0.6) is 5.75 Å². The van der Waals surface area contributed by atoms with Gasteiger partial charge in [0.15, 0.2) is 0 Å². The molecule has 0 aliphatic heterocycles. The van der Waals surface area contributed by atoms with Crippen LogP contribution in [0.25, 0.3) is 0 Å². The number of nitrogens with zero attached hydrogens (tertiary/aromatic N) is 3. The van der Waals surface area contributed by atoms with Gasteiger partial charge in [-0.3, -0.25) is 10.1 Å². The van der Waals surface area contributed by atoms with Crippen molar-refractivity contribution in [3.8, 4) is 5.75 Å². The average Bonchev–Trinajstić information content (AvgIpc) is 2.45. The predicted octanol–water partition coefficient (Wildman–Crippen LogP) is 1.66. The van der Waals surface area contributed by atoms with Crippen LogP contribution in [0.15, 0.2) is 36.8 Å². The average molecular weight is 275 g/mol. The molecule has 0 atom stereocenters. The smallest absolute Gasteiger partial charge is 0.339 e. The number of non-ortho nitro benzene ring substituents is 1. The van der Waals surface area contributed by atoms with Gasteiger partial charge in [-0.15, -0.1) is 0 Å². The highest BCUT2D eigenvalue weighted by Crippen LogP contribution is 2.18. The van der Waals surface area contributed by atoms with Crippen LogP contribution in [0.2, 0.25) is 0 Å². The molecule has 1 aromatic carbocycles. The number of carbonyl (C=O) groups is 1. The Bertz CT molecular complexity index is 642. The van der Waals surface area contributed by atoms with Crippen molar-refractivity contribution in [1.29, 1.82) is 0 Å². The van der Waals surface area contributed by atoms with Gasteiger partial charge in [-0.25, -0.2) is 14.8 Å². The lowest BCUT2D eigenvalue weighted by atomic mass is 10.2. The highest BCUT2D eigenvalue weighted by molar-refractivity contribution is 5.88. The number of nitro groups is 1. The van der Waals surface area contributed by atoms with Gasteiger partial charge >= 0.3 is 5.97 Å². The molecule has 102 valence electrons. The van der Waals surface area contributed by atoms with Crippen molar-refractivity contribution in [2.24, 2.45) is 0 Å². The van der Waals surface area contributed by atoms with Crippen LogP contribution in [-0.4, -0.2) is 26.0 Å². The highest BCUT2D eigenvalue weighted by Gasteiger charge is 2.12. The van der Waals surface area contributed by atoms with E-state index in [-0.39, 0.29) is 23.6 Å². The molecule has 0 bridgehead atoms. The van der Waals surface area contributed by atoms with E-state index in [0.29, 0.717) is 5.75 Å². The van der Waals surface area contributed by atoms with Gasteiger partial charge in [0.2, 0.25) is 0 Å². The SMILES string of the molecule is O=C(O)c1cncnc1COc1ccc([N+](=O)[O-])cc1. The molecule has 8 nitrogen and oxygen atoms in total. The first-order valence-electron chi connectivity index (χ1n) is 5.47. The minimum Gasteiger partial charge on any atom is -0.487 e. The standard InChI is InChI=1S/C12H9N3O5/c16-12(17)10-5-13-7-14-11(10)6-20-9-3-1-8(2-4-9)15(18)19/h1-5,7H,6H2,(H,16,17). The molecular formula is C12H9N3O5. The molecule has 0 aliphatic rings. The highest BCUT2D eigenvalue weighted by atomic mass is 16.6. The van der Waals surface area contributed by atoms with Crippen LogP contribution in [-0.2, 0) is 6.61 Å². The van der Waals surface area contributed by atoms with E-state index >= 15 is 0 Å². The Morgan fingerprint density at radius 3 is 2.65 bits per heavy atom. The Labute approximate surface area is 112 Å². The molecule has 1 N–H and O–H groups in total. The molecule has 0 amide bonds. The van der Waals surface area contributed by atoms with Gasteiger partial charge in [0.25, 0.3) is 5.69 Å². The fourth-order valence-corrected chi connectivity index (χ4v) is 1.46. The maximum Gasteiger partial charge on any atom is 0.339 e. The molecule has 0 aliphatic carbocycles. The number of hydrogen-bond donors (Lipinski definition) is 1. The summed E-state index contributed by atoms with van der Waals surface area (Å²) in [5, 5.41) is 19.4. The monoisotopic (exact) mass is 275 g/mol. The molecule has 1 heterocycles. The Hall–Kier alpha value is -3.03. The Balaban J connectivity index is 2.09. The van der Waals surface area contributed by atoms with Crippen molar-refractivity contribution in [3.63, 3.8) is 0 Å². The van der Waals surface area contributed by atoms with Crippen LogP contribution in [0, 0.1) is 10.1 Å². The number of rotatable bonds is 5. The number of ether oxygens (including phenoxy) is 1. The van der Waals surface area contributed by atoms with E-state index < -0.39 is 10.9 Å². The zero-order valence-corrected chi connectivity index (χ0v) is 10.1. The van der Waals surface area contributed by atoms with Crippen molar-refractivity contribution in [1.82, 2.24) is 9.97 Å². The van der Waals surface area contributed by atoms with Crippen LogP contribution < -0.4 is 4.74 Å². The van der Waals surface area contributed by atoms with Gasteiger partial charge in [-0.05, 0) is 12.1 Å². The Morgan fingerprint density at radius 1 is 1.35 bits per heavy atom. The first-order valence-corrected chi connectivity index (χ1v) is 5.47. The van der Waals surface area contributed by atoms with Gasteiger partial charge in [0.05, 0.1) is 10.6 Å². The summed E-state index contributed by atoms with van der Waals surface area (Å²) in [6.45, 7) is -0.0675. The quantitative estimate of drug-likeness (QED) is 0.651. The zero-order valence-electron chi connectivity index (χ0n) is 10.1. The van der Waals surface area contributed by atoms with E-state index in [1.807, 2.05) is 0 Å². The number of carboxylic acids is 1. The zero-order chi connectivity index (χ0) is 14.5. The lowest BCUT2D eigenvalue weighted by molar-refractivity contribution is -0.384. The third kappa shape index (κ3) is 3.05. The summed E-state index contributed by atoms with van der Waals surface area (Å²) >= 11 is 0. The molecular weight excluding hydrogens is 266 g/mol. The molecule has 0 radical (unpaired) electrons. The van der Waals surface area contributed by atoms with Crippen molar-refractivity contribution in [3.05, 3.63) is 58.2 Å². The number of hydrogen-bond acceptors (Lipinski definition) is 6. The van der Waals surface area contributed by atoms with Crippen molar-refractivity contribution in [2.45, 2.75) is 6.61 Å². The topological polar surface area (TPSA) is 115 Å². The van der Waals surface area contributed by atoms with Crippen LogP contribution >= 0.6 is 0 Å². The molecule has 2 aromatic rings. The number of carboxylic acid groups (broad SMARTS) is 1. The summed E-state index contributed by atoms with van der Waals surface area (Å²) < 4.78 is 5.34. The van der Waals surface area contributed by atoms with E-state index in [0.717, 1.165) is 0 Å². The fourth-order valence-electron chi connectivity index (χ4n) is 1.46. The summed E-state index contributed by atoms with van der Waals surface area (Å²) in [5.41, 5.74) is 0.130. The molecule has 0 unspecified atom stereocenters.